The molecule has 0 radical (unpaired) electrons. The summed E-state index contributed by atoms with van der Waals surface area (Å²) in [6, 6.07) is 8.11. The molecule has 1 heterocycles. The average Bonchev–Trinajstić information content (AvgIpc) is 2.96. The van der Waals surface area contributed by atoms with E-state index >= 15 is 0 Å². The van der Waals surface area contributed by atoms with Crippen molar-refractivity contribution in [2.45, 2.75) is 39.7 Å². The molecule has 0 amide bonds. The molecule has 0 aliphatic rings. The van der Waals surface area contributed by atoms with Crippen LogP contribution in [0.4, 0.5) is 0 Å². The van der Waals surface area contributed by atoms with E-state index in [0.29, 0.717) is 24.4 Å². The van der Waals surface area contributed by atoms with E-state index < -0.39 is 0 Å². The molecule has 0 aliphatic heterocycles. The third-order valence-electron chi connectivity index (χ3n) is 3.30. The molecule has 0 spiro atoms. The highest BCUT2D eigenvalue weighted by Gasteiger charge is 2.15. The van der Waals surface area contributed by atoms with Gasteiger partial charge in [0.15, 0.2) is 0 Å². The predicted molar refractivity (Wildman–Crippen MR) is 82.4 cm³/mol. The van der Waals surface area contributed by atoms with Crippen LogP contribution in [0, 0.1) is 0 Å². The van der Waals surface area contributed by atoms with E-state index in [4.69, 9.17) is 9.26 Å². The molecule has 0 fully saturated rings. The molecule has 0 bridgehead atoms. The van der Waals surface area contributed by atoms with Crippen molar-refractivity contribution in [2.75, 3.05) is 13.2 Å². The molecule has 0 aliphatic carbocycles. The standard InChI is InChI=1S/C16H23N3O2/c1-4-12(17-5-2)11-15-18-16(19-21-15)13-9-7-8-10-14(13)20-6-3/h7-10,12,17H,4-6,11H2,1-3H3. The first-order valence-corrected chi connectivity index (χ1v) is 7.56. The topological polar surface area (TPSA) is 60.2 Å². The smallest absolute Gasteiger partial charge is 0.228 e. The lowest BCUT2D eigenvalue weighted by Crippen LogP contribution is -2.30. The van der Waals surface area contributed by atoms with Crippen LogP contribution in [0.3, 0.4) is 0 Å². The first kappa shape index (κ1) is 15.5. The third kappa shape index (κ3) is 4.04. The Kier molecular flexibility index (Phi) is 5.75. The van der Waals surface area contributed by atoms with Crippen molar-refractivity contribution in [3.05, 3.63) is 30.2 Å². The summed E-state index contributed by atoms with van der Waals surface area (Å²) in [5.74, 6) is 2.02. The maximum absolute atomic E-state index is 5.61. The minimum Gasteiger partial charge on any atom is -0.493 e. The largest absolute Gasteiger partial charge is 0.493 e. The highest BCUT2D eigenvalue weighted by molar-refractivity contribution is 5.63. The molecule has 114 valence electrons. The summed E-state index contributed by atoms with van der Waals surface area (Å²) in [5, 5.41) is 7.49. The van der Waals surface area contributed by atoms with Crippen molar-refractivity contribution in [3.63, 3.8) is 0 Å². The van der Waals surface area contributed by atoms with E-state index in [2.05, 4.69) is 29.3 Å². The van der Waals surface area contributed by atoms with Gasteiger partial charge in [-0.25, -0.2) is 0 Å². The van der Waals surface area contributed by atoms with Crippen LogP contribution in [0.5, 0.6) is 5.75 Å². The van der Waals surface area contributed by atoms with Crippen molar-refractivity contribution >= 4 is 0 Å². The molecule has 5 nitrogen and oxygen atoms in total. The molecule has 2 aromatic rings. The first-order chi connectivity index (χ1) is 10.3. The quantitative estimate of drug-likeness (QED) is 0.809. The Morgan fingerprint density at radius 3 is 2.76 bits per heavy atom. The highest BCUT2D eigenvalue weighted by Crippen LogP contribution is 2.27. The summed E-state index contributed by atoms with van der Waals surface area (Å²) >= 11 is 0. The van der Waals surface area contributed by atoms with Crippen LogP contribution < -0.4 is 10.1 Å². The van der Waals surface area contributed by atoms with Gasteiger partial charge in [-0.3, -0.25) is 0 Å². The fourth-order valence-electron chi connectivity index (χ4n) is 2.24. The number of likely N-dealkylation sites (N-methyl/N-ethyl adjacent to an activating group) is 1. The second-order valence-electron chi connectivity index (χ2n) is 4.81. The van der Waals surface area contributed by atoms with E-state index in [0.717, 1.165) is 30.7 Å². The Hall–Kier alpha value is -1.88. The Morgan fingerprint density at radius 1 is 1.24 bits per heavy atom. The van der Waals surface area contributed by atoms with Gasteiger partial charge in [0, 0.05) is 12.5 Å². The average molecular weight is 289 g/mol. The SMILES string of the molecule is CCNC(CC)Cc1nc(-c2ccccc2OCC)no1. The van der Waals surface area contributed by atoms with Crippen molar-refractivity contribution in [3.8, 4) is 17.1 Å². The lowest BCUT2D eigenvalue weighted by Gasteiger charge is -2.12. The molecule has 1 N–H and O–H groups in total. The van der Waals surface area contributed by atoms with Crippen molar-refractivity contribution in [1.82, 2.24) is 15.5 Å². The maximum atomic E-state index is 5.61. The fraction of sp³-hybridized carbons (Fsp3) is 0.500. The Balaban J connectivity index is 2.16. The van der Waals surface area contributed by atoms with E-state index in [-0.39, 0.29) is 0 Å². The van der Waals surface area contributed by atoms with Gasteiger partial charge in [-0.1, -0.05) is 31.1 Å². The number of hydrogen-bond acceptors (Lipinski definition) is 5. The molecule has 0 saturated carbocycles. The Morgan fingerprint density at radius 2 is 2.05 bits per heavy atom. The van der Waals surface area contributed by atoms with Gasteiger partial charge in [0.2, 0.25) is 11.7 Å². The van der Waals surface area contributed by atoms with Crippen molar-refractivity contribution in [1.29, 1.82) is 0 Å². The maximum Gasteiger partial charge on any atom is 0.228 e. The van der Waals surface area contributed by atoms with E-state index in [9.17, 15) is 0 Å². The zero-order valence-corrected chi connectivity index (χ0v) is 12.9. The first-order valence-electron chi connectivity index (χ1n) is 7.56. The van der Waals surface area contributed by atoms with Gasteiger partial charge in [0.05, 0.1) is 12.2 Å². The van der Waals surface area contributed by atoms with Gasteiger partial charge in [-0.15, -0.1) is 0 Å². The molecule has 21 heavy (non-hydrogen) atoms. The number of nitrogens with zero attached hydrogens (tertiary/aromatic N) is 2. The molecular formula is C16H23N3O2. The van der Waals surface area contributed by atoms with Gasteiger partial charge in [-0.2, -0.15) is 4.98 Å². The zero-order valence-electron chi connectivity index (χ0n) is 12.9. The minimum atomic E-state index is 0.366. The molecule has 2 rings (SSSR count). The summed E-state index contributed by atoms with van der Waals surface area (Å²) in [6.45, 7) is 7.75. The summed E-state index contributed by atoms with van der Waals surface area (Å²) in [7, 11) is 0. The summed E-state index contributed by atoms with van der Waals surface area (Å²) in [6.07, 6.45) is 1.77. The van der Waals surface area contributed by atoms with Gasteiger partial charge in [0.25, 0.3) is 0 Å². The number of nitrogens with one attached hydrogen (secondary N) is 1. The number of aromatic nitrogens is 2. The van der Waals surface area contributed by atoms with Gasteiger partial charge in [-0.05, 0) is 32.0 Å². The third-order valence-corrected chi connectivity index (χ3v) is 3.30. The van der Waals surface area contributed by atoms with Crippen LogP contribution in [0.1, 0.15) is 33.1 Å². The second kappa shape index (κ2) is 7.78. The van der Waals surface area contributed by atoms with E-state index in [1.807, 2.05) is 31.2 Å². The van der Waals surface area contributed by atoms with E-state index in [1.165, 1.54) is 0 Å². The van der Waals surface area contributed by atoms with Crippen LogP contribution in [0.15, 0.2) is 28.8 Å². The van der Waals surface area contributed by atoms with Crippen LogP contribution in [-0.2, 0) is 6.42 Å². The predicted octanol–water partition coefficient (Wildman–Crippen LogP) is 3.07. The van der Waals surface area contributed by atoms with Crippen molar-refractivity contribution in [2.24, 2.45) is 0 Å². The molecule has 1 aromatic carbocycles. The monoisotopic (exact) mass is 289 g/mol. The summed E-state index contributed by atoms with van der Waals surface area (Å²) in [5.41, 5.74) is 0.867. The van der Waals surface area contributed by atoms with E-state index in [1.54, 1.807) is 0 Å². The van der Waals surface area contributed by atoms with Crippen LogP contribution in [-0.4, -0.2) is 29.3 Å². The Bertz CT molecular complexity index is 554. The minimum absolute atomic E-state index is 0.366. The Labute approximate surface area is 125 Å². The van der Waals surface area contributed by atoms with Crippen LogP contribution >= 0.6 is 0 Å². The number of ether oxygens (including phenoxy) is 1. The molecule has 5 heteroatoms. The molecule has 1 aromatic heterocycles. The van der Waals surface area contributed by atoms with Gasteiger partial charge >= 0.3 is 0 Å². The molecule has 0 saturated heterocycles. The molecular weight excluding hydrogens is 266 g/mol. The van der Waals surface area contributed by atoms with Crippen LogP contribution in [0.2, 0.25) is 0 Å². The van der Waals surface area contributed by atoms with Gasteiger partial charge < -0.3 is 14.6 Å². The summed E-state index contributed by atoms with van der Waals surface area (Å²) < 4.78 is 11.0. The number of benzene rings is 1. The van der Waals surface area contributed by atoms with Crippen LogP contribution in [0.25, 0.3) is 11.4 Å². The van der Waals surface area contributed by atoms with Gasteiger partial charge in [0.1, 0.15) is 5.75 Å². The molecule has 1 atom stereocenters. The number of rotatable bonds is 8. The highest BCUT2D eigenvalue weighted by atomic mass is 16.5. The zero-order chi connectivity index (χ0) is 15.1. The lowest BCUT2D eigenvalue weighted by molar-refractivity contribution is 0.340. The number of para-hydroxylation sites is 1. The number of hydrogen-bond donors (Lipinski definition) is 1. The lowest BCUT2D eigenvalue weighted by atomic mass is 10.1. The van der Waals surface area contributed by atoms with Crippen molar-refractivity contribution < 1.29 is 9.26 Å². The summed E-state index contributed by atoms with van der Waals surface area (Å²) in [4.78, 5) is 4.50. The fourth-order valence-corrected chi connectivity index (χ4v) is 2.24. The normalized spacial score (nSPS) is 12.3. The second-order valence-corrected chi connectivity index (χ2v) is 4.81. The molecule has 1 unspecified atom stereocenters.